The number of hydrogen-bond donors (Lipinski definition) is 1. The third-order valence-corrected chi connectivity index (χ3v) is 1.09. The van der Waals surface area contributed by atoms with Crippen LogP contribution in [0.15, 0.2) is 4.79 Å². The van der Waals surface area contributed by atoms with E-state index in [1.165, 1.54) is 11.1 Å². The Bertz CT molecular complexity index is 263. The second-order valence-corrected chi connectivity index (χ2v) is 2.54. The first-order chi connectivity index (χ1) is 6.65. The third kappa shape index (κ3) is 9.25. The topological polar surface area (TPSA) is 50.7 Å². The number of nitrogens with one attached hydrogen (secondary N) is 1. The van der Waals surface area contributed by atoms with Gasteiger partial charge in [0.25, 0.3) is 0 Å². The molecular weight excluding hydrogens is 190 g/mol. The van der Waals surface area contributed by atoms with Crippen LogP contribution in [0.4, 0.5) is 0 Å². The van der Waals surface area contributed by atoms with Gasteiger partial charge >= 0.3 is 5.69 Å². The van der Waals surface area contributed by atoms with Gasteiger partial charge in [-0.2, -0.15) is 5.10 Å². The first-order valence-electron chi connectivity index (χ1n) is 5.29. The molecule has 0 aliphatic rings. The Balaban J connectivity index is -0.000000209. The molecule has 0 atom stereocenters. The van der Waals surface area contributed by atoms with Gasteiger partial charge in [0, 0.05) is 6.54 Å². The smallest absolute Gasteiger partial charge is 0.293 e. The maximum atomic E-state index is 10.7. The Morgan fingerprint density at radius 1 is 1.27 bits per heavy atom. The minimum absolute atomic E-state index is 0. The normalized spacial score (nSPS) is 7.60. The maximum absolute atomic E-state index is 10.7. The second kappa shape index (κ2) is 12.9. The highest BCUT2D eigenvalue weighted by Gasteiger charge is 1.95. The second-order valence-electron chi connectivity index (χ2n) is 2.54. The Morgan fingerprint density at radius 3 is 1.80 bits per heavy atom. The van der Waals surface area contributed by atoms with Crippen molar-refractivity contribution in [2.24, 2.45) is 0 Å². The molecule has 0 saturated carbocycles. The van der Waals surface area contributed by atoms with Crippen molar-refractivity contribution in [2.75, 3.05) is 0 Å². The average molecular weight is 217 g/mol. The van der Waals surface area contributed by atoms with Crippen LogP contribution in [0.2, 0.25) is 0 Å². The predicted molar refractivity (Wildman–Crippen MR) is 67.3 cm³/mol. The molecule has 0 aliphatic carbocycles. The van der Waals surface area contributed by atoms with Gasteiger partial charge in [-0.3, -0.25) is 4.98 Å². The molecule has 1 aromatic rings. The minimum atomic E-state index is -0.130. The molecular formula is C11H27N3O. The molecule has 0 spiro atoms. The Kier molecular flexibility index (Phi) is 16.8. The number of hydrogen-bond acceptors (Lipinski definition) is 2. The van der Waals surface area contributed by atoms with Crippen LogP contribution in [-0.4, -0.2) is 14.8 Å². The number of H-pyrrole nitrogens is 1. The van der Waals surface area contributed by atoms with E-state index in [2.05, 4.69) is 23.9 Å². The molecule has 1 aromatic heterocycles. The summed E-state index contributed by atoms with van der Waals surface area (Å²) in [6.07, 6.45) is 1.25. The van der Waals surface area contributed by atoms with Gasteiger partial charge in [-0.25, -0.2) is 9.48 Å². The summed E-state index contributed by atoms with van der Waals surface area (Å²) in [5.74, 6) is 0.668. The highest BCUT2D eigenvalue weighted by Crippen LogP contribution is 1.77. The first kappa shape index (κ1) is 19.5. The summed E-state index contributed by atoms with van der Waals surface area (Å²) in [6.45, 7) is 12.5. The molecule has 0 aromatic carbocycles. The Morgan fingerprint density at radius 2 is 1.67 bits per heavy atom. The fourth-order valence-corrected chi connectivity index (χ4v) is 0.685. The Labute approximate surface area is 93.7 Å². The van der Waals surface area contributed by atoms with Crippen LogP contribution in [0, 0.1) is 6.92 Å². The molecule has 4 nitrogen and oxygen atoms in total. The number of aromatic nitrogens is 3. The number of aryl methyl sites for hydroxylation is 2. The molecule has 1 N–H and O–H groups in total. The zero-order valence-electron chi connectivity index (χ0n) is 10.2. The van der Waals surface area contributed by atoms with Crippen molar-refractivity contribution in [3.63, 3.8) is 0 Å². The Hall–Kier alpha value is -1.06. The van der Waals surface area contributed by atoms with Gasteiger partial charge in [0.1, 0.15) is 5.82 Å². The number of nitrogens with zero attached hydrogens (tertiary/aromatic N) is 2. The van der Waals surface area contributed by atoms with E-state index in [1.807, 2.05) is 20.8 Å². The standard InChI is InChI=1S/C5H9N3O.C3H8.C2H6.CH4/c1-3-8-5(9)6-4(2)7-8;1-3-2;1-2;/h3H2,1-2H3,(H,6,7,9);3H2,1-2H3;1-2H3;1H4. The van der Waals surface area contributed by atoms with Crippen LogP contribution in [0.3, 0.4) is 0 Å². The summed E-state index contributed by atoms with van der Waals surface area (Å²) in [6, 6.07) is 0. The number of rotatable bonds is 1. The van der Waals surface area contributed by atoms with E-state index < -0.39 is 0 Å². The molecule has 1 rings (SSSR count). The summed E-state index contributed by atoms with van der Waals surface area (Å²) in [5, 5.41) is 3.88. The van der Waals surface area contributed by atoms with Gasteiger partial charge in [-0.15, -0.1) is 0 Å². The van der Waals surface area contributed by atoms with Crippen molar-refractivity contribution in [1.29, 1.82) is 0 Å². The van der Waals surface area contributed by atoms with E-state index in [0.717, 1.165) is 0 Å². The highest BCUT2D eigenvalue weighted by atomic mass is 16.1. The van der Waals surface area contributed by atoms with Crippen LogP contribution in [0.5, 0.6) is 0 Å². The van der Waals surface area contributed by atoms with Crippen molar-refractivity contribution < 1.29 is 0 Å². The lowest BCUT2D eigenvalue weighted by Crippen LogP contribution is -2.16. The van der Waals surface area contributed by atoms with Crippen LogP contribution in [-0.2, 0) is 6.54 Å². The average Bonchev–Trinajstić information content (AvgIpc) is 2.49. The molecule has 15 heavy (non-hydrogen) atoms. The zero-order chi connectivity index (χ0) is 11.6. The minimum Gasteiger partial charge on any atom is -0.293 e. The van der Waals surface area contributed by atoms with Crippen molar-refractivity contribution in [3.8, 4) is 0 Å². The van der Waals surface area contributed by atoms with E-state index >= 15 is 0 Å². The van der Waals surface area contributed by atoms with Crippen LogP contribution >= 0.6 is 0 Å². The molecule has 0 saturated heterocycles. The van der Waals surface area contributed by atoms with Crippen molar-refractivity contribution in [2.45, 2.75) is 61.9 Å². The largest absolute Gasteiger partial charge is 0.343 e. The van der Waals surface area contributed by atoms with E-state index in [0.29, 0.717) is 12.4 Å². The SMILES string of the molecule is C.CC.CCC.CCn1nc(C)[nH]c1=O. The fourth-order valence-electron chi connectivity index (χ4n) is 0.685. The number of aromatic amines is 1. The summed E-state index contributed by atoms with van der Waals surface area (Å²) < 4.78 is 1.38. The zero-order valence-corrected chi connectivity index (χ0v) is 10.2. The quantitative estimate of drug-likeness (QED) is 0.786. The molecule has 0 fully saturated rings. The van der Waals surface area contributed by atoms with Gasteiger partial charge in [0.15, 0.2) is 0 Å². The predicted octanol–water partition coefficient (Wildman–Crippen LogP) is 2.98. The third-order valence-electron chi connectivity index (χ3n) is 1.09. The molecule has 0 amide bonds. The summed E-state index contributed by atoms with van der Waals surface area (Å²) in [5.41, 5.74) is -0.130. The van der Waals surface area contributed by atoms with E-state index in [4.69, 9.17) is 0 Å². The van der Waals surface area contributed by atoms with Gasteiger partial charge in [0.2, 0.25) is 0 Å². The summed E-state index contributed by atoms with van der Waals surface area (Å²) in [7, 11) is 0. The maximum Gasteiger partial charge on any atom is 0.343 e. The van der Waals surface area contributed by atoms with Gasteiger partial charge in [-0.1, -0.05) is 41.5 Å². The van der Waals surface area contributed by atoms with Crippen LogP contribution < -0.4 is 5.69 Å². The molecule has 0 radical (unpaired) electrons. The lowest BCUT2D eigenvalue weighted by atomic mass is 10.6. The molecule has 0 aliphatic heterocycles. The highest BCUT2D eigenvalue weighted by molar-refractivity contribution is 4.75. The lowest BCUT2D eigenvalue weighted by Gasteiger charge is -1.85. The molecule has 4 heteroatoms. The monoisotopic (exact) mass is 217 g/mol. The van der Waals surface area contributed by atoms with E-state index in [-0.39, 0.29) is 13.1 Å². The molecule has 0 bridgehead atoms. The van der Waals surface area contributed by atoms with Gasteiger partial charge in [-0.05, 0) is 13.8 Å². The van der Waals surface area contributed by atoms with Crippen molar-refractivity contribution in [1.82, 2.24) is 14.8 Å². The van der Waals surface area contributed by atoms with E-state index in [1.54, 1.807) is 6.92 Å². The van der Waals surface area contributed by atoms with Crippen molar-refractivity contribution in [3.05, 3.63) is 16.3 Å². The van der Waals surface area contributed by atoms with Crippen LogP contribution in [0.1, 0.15) is 54.3 Å². The summed E-state index contributed by atoms with van der Waals surface area (Å²) >= 11 is 0. The molecule has 92 valence electrons. The lowest BCUT2D eigenvalue weighted by molar-refractivity contribution is 0.630. The first-order valence-corrected chi connectivity index (χ1v) is 5.29. The van der Waals surface area contributed by atoms with Crippen molar-refractivity contribution >= 4 is 0 Å². The van der Waals surface area contributed by atoms with Gasteiger partial charge in [0.05, 0.1) is 0 Å². The molecule has 1 heterocycles. The summed E-state index contributed by atoms with van der Waals surface area (Å²) in [4.78, 5) is 13.3. The van der Waals surface area contributed by atoms with Gasteiger partial charge < -0.3 is 0 Å². The van der Waals surface area contributed by atoms with E-state index in [9.17, 15) is 4.79 Å². The van der Waals surface area contributed by atoms with Crippen LogP contribution in [0.25, 0.3) is 0 Å². The fraction of sp³-hybridized carbons (Fsp3) is 0.818. The molecule has 0 unspecified atom stereocenters.